The molecule has 3 nitrogen and oxygen atoms in total. The Bertz CT molecular complexity index is 685. The van der Waals surface area contributed by atoms with Gasteiger partial charge >= 0.3 is 0 Å². The molecule has 1 aromatic heterocycles. The van der Waals surface area contributed by atoms with Crippen LogP contribution in [0.15, 0.2) is 45.1 Å². The van der Waals surface area contributed by atoms with Crippen LogP contribution in [0.4, 0.5) is 4.39 Å². The summed E-state index contributed by atoms with van der Waals surface area (Å²) in [6.45, 7) is 0.259. The van der Waals surface area contributed by atoms with Crippen molar-refractivity contribution in [2.24, 2.45) is 0 Å². The second kappa shape index (κ2) is 5.70. The predicted octanol–water partition coefficient (Wildman–Crippen LogP) is 3.47. The zero-order valence-corrected chi connectivity index (χ0v) is 13.2. The first-order chi connectivity index (χ1) is 8.89. The standard InChI is InChI=1S/C12H11BrFNO2S2/c1-15(7-11-5-9(13)8-18-11)19(16,17)12-4-2-3-10(14)6-12/h2-6,8H,7H2,1H3. The molecule has 0 saturated carbocycles. The Morgan fingerprint density at radius 2 is 2.11 bits per heavy atom. The van der Waals surface area contributed by atoms with E-state index in [0.717, 1.165) is 15.4 Å². The molecular weight excluding hydrogens is 353 g/mol. The monoisotopic (exact) mass is 363 g/mol. The first-order valence-electron chi connectivity index (χ1n) is 5.34. The highest BCUT2D eigenvalue weighted by Crippen LogP contribution is 2.23. The van der Waals surface area contributed by atoms with Crippen LogP contribution in [-0.2, 0) is 16.6 Å². The number of halogens is 2. The van der Waals surface area contributed by atoms with Gasteiger partial charge < -0.3 is 0 Å². The predicted molar refractivity (Wildman–Crippen MR) is 77.1 cm³/mol. The van der Waals surface area contributed by atoms with Crippen molar-refractivity contribution in [3.05, 3.63) is 50.9 Å². The van der Waals surface area contributed by atoms with Crippen LogP contribution in [0.2, 0.25) is 0 Å². The maximum absolute atomic E-state index is 13.1. The van der Waals surface area contributed by atoms with Crippen LogP contribution in [0, 0.1) is 5.82 Å². The number of hydrogen-bond acceptors (Lipinski definition) is 3. The van der Waals surface area contributed by atoms with Crippen molar-refractivity contribution in [1.82, 2.24) is 4.31 Å². The summed E-state index contributed by atoms with van der Waals surface area (Å²) in [6.07, 6.45) is 0. The van der Waals surface area contributed by atoms with Crippen LogP contribution < -0.4 is 0 Å². The summed E-state index contributed by atoms with van der Waals surface area (Å²) in [6, 6.07) is 6.88. The average molecular weight is 364 g/mol. The van der Waals surface area contributed by atoms with Gasteiger partial charge in [-0.2, -0.15) is 4.31 Å². The molecule has 0 atom stereocenters. The lowest BCUT2D eigenvalue weighted by Gasteiger charge is -2.16. The molecule has 1 heterocycles. The third-order valence-electron chi connectivity index (χ3n) is 2.50. The van der Waals surface area contributed by atoms with Gasteiger partial charge in [-0.15, -0.1) is 11.3 Å². The van der Waals surface area contributed by atoms with E-state index < -0.39 is 15.8 Å². The molecule has 0 aliphatic carbocycles. The molecule has 0 fully saturated rings. The summed E-state index contributed by atoms with van der Waals surface area (Å²) in [5, 5.41) is 1.89. The van der Waals surface area contributed by atoms with Crippen molar-refractivity contribution in [1.29, 1.82) is 0 Å². The zero-order valence-electron chi connectivity index (χ0n) is 10.0. The molecule has 2 rings (SSSR count). The molecular formula is C12H11BrFNO2S2. The first kappa shape index (κ1) is 14.6. The normalized spacial score (nSPS) is 12.0. The van der Waals surface area contributed by atoms with Crippen LogP contribution in [0.3, 0.4) is 0 Å². The highest BCUT2D eigenvalue weighted by atomic mass is 79.9. The van der Waals surface area contributed by atoms with E-state index in [2.05, 4.69) is 15.9 Å². The minimum atomic E-state index is -3.67. The molecule has 0 spiro atoms. The molecule has 0 bridgehead atoms. The van der Waals surface area contributed by atoms with Gasteiger partial charge in [0, 0.05) is 28.3 Å². The summed E-state index contributed by atoms with van der Waals surface area (Å²) in [4.78, 5) is 0.875. The Hall–Kier alpha value is -0.760. The van der Waals surface area contributed by atoms with Crippen molar-refractivity contribution in [2.75, 3.05) is 7.05 Å². The maximum atomic E-state index is 13.1. The minimum absolute atomic E-state index is 0.0365. The topological polar surface area (TPSA) is 37.4 Å². The molecule has 102 valence electrons. The zero-order chi connectivity index (χ0) is 14.0. The molecule has 0 amide bonds. The van der Waals surface area contributed by atoms with E-state index in [1.54, 1.807) is 0 Å². The maximum Gasteiger partial charge on any atom is 0.243 e. The Balaban J connectivity index is 2.24. The third-order valence-corrected chi connectivity index (χ3v) is 5.99. The number of rotatable bonds is 4. The van der Waals surface area contributed by atoms with Crippen LogP contribution >= 0.6 is 27.3 Å². The summed E-state index contributed by atoms with van der Waals surface area (Å²) in [5.74, 6) is -0.562. The Kier molecular flexibility index (Phi) is 4.39. The van der Waals surface area contributed by atoms with E-state index in [0.29, 0.717) is 0 Å². The largest absolute Gasteiger partial charge is 0.243 e. The number of benzene rings is 1. The molecule has 0 radical (unpaired) electrons. The number of nitrogens with zero attached hydrogens (tertiary/aromatic N) is 1. The fourth-order valence-corrected chi connectivity index (χ4v) is 4.31. The number of sulfonamides is 1. The van der Waals surface area contributed by atoms with Gasteiger partial charge in [0.25, 0.3) is 0 Å². The lowest BCUT2D eigenvalue weighted by atomic mass is 10.4. The number of hydrogen-bond donors (Lipinski definition) is 0. The molecule has 0 saturated heterocycles. The number of thiophene rings is 1. The molecule has 19 heavy (non-hydrogen) atoms. The Labute approximate surface area is 123 Å². The molecule has 2 aromatic rings. The summed E-state index contributed by atoms with van der Waals surface area (Å²) < 4.78 is 39.7. The van der Waals surface area contributed by atoms with Gasteiger partial charge in [-0.1, -0.05) is 6.07 Å². The van der Waals surface area contributed by atoms with E-state index in [4.69, 9.17) is 0 Å². The first-order valence-corrected chi connectivity index (χ1v) is 8.45. The van der Waals surface area contributed by atoms with Gasteiger partial charge in [0.15, 0.2) is 0 Å². The minimum Gasteiger partial charge on any atom is -0.207 e. The molecule has 0 aliphatic heterocycles. The lowest BCUT2D eigenvalue weighted by molar-refractivity contribution is 0.469. The molecule has 0 aliphatic rings. The van der Waals surface area contributed by atoms with Crippen molar-refractivity contribution in [3.63, 3.8) is 0 Å². The highest BCUT2D eigenvalue weighted by molar-refractivity contribution is 9.10. The second-order valence-electron chi connectivity index (χ2n) is 3.95. The fourth-order valence-electron chi connectivity index (χ4n) is 1.55. The van der Waals surface area contributed by atoms with Gasteiger partial charge in [0.05, 0.1) is 4.90 Å². The summed E-state index contributed by atoms with van der Waals surface area (Å²) in [5.41, 5.74) is 0. The van der Waals surface area contributed by atoms with Gasteiger partial charge in [-0.05, 0) is 40.2 Å². The quantitative estimate of drug-likeness (QED) is 0.833. The van der Waals surface area contributed by atoms with Crippen LogP contribution in [-0.4, -0.2) is 19.8 Å². The second-order valence-corrected chi connectivity index (χ2v) is 7.91. The fraction of sp³-hybridized carbons (Fsp3) is 0.167. The summed E-state index contributed by atoms with van der Waals surface area (Å²) >= 11 is 4.79. The van der Waals surface area contributed by atoms with E-state index in [1.807, 2.05) is 11.4 Å². The third kappa shape index (κ3) is 3.42. The smallest absolute Gasteiger partial charge is 0.207 e. The van der Waals surface area contributed by atoms with Gasteiger partial charge in [-0.3, -0.25) is 0 Å². The van der Waals surface area contributed by atoms with E-state index >= 15 is 0 Å². The molecule has 1 aromatic carbocycles. The van der Waals surface area contributed by atoms with E-state index in [1.165, 1.54) is 40.9 Å². The molecule has 7 heteroatoms. The Morgan fingerprint density at radius 3 is 2.68 bits per heavy atom. The van der Waals surface area contributed by atoms with Crippen molar-refractivity contribution in [2.45, 2.75) is 11.4 Å². The average Bonchev–Trinajstić information content (AvgIpc) is 2.74. The van der Waals surface area contributed by atoms with Crippen LogP contribution in [0.25, 0.3) is 0 Å². The molecule has 0 N–H and O–H groups in total. The van der Waals surface area contributed by atoms with Crippen molar-refractivity contribution >= 4 is 37.3 Å². The van der Waals surface area contributed by atoms with Gasteiger partial charge in [0.1, 0.15) is 5.82 Å². The lowest BCUT2D eigenvalue weighted by Crippen LogP contribution is -2.26. The Morgan fingerprint density at radius 1 is 1.37 bits per heavy atom. The van der Waals surface area contributed by atoms with E-state index in [-0.39, 0.29) is 11.4 Å². The van der Waals surface area contributed by atoms with Crippen LogP contribution in [0.5, 0.6) is 0 Å². The van der Waals surface area contributed by atoms with Crippen molar-refractivity contribution in [3.8, 4) is 0 Å². The summed E-state index contributed by atoms with van der Waals surface area (Å²) in [7, 11) is -2.19. The van der Waals surface area contributed by atoms with E-state index in [9.17, 15) is 12.8 Å². The SMILES string of the molecule is CN(Cc1cc(Br)cs1)S(=O)(=O)c1cccc(F)c1. The highest BCUT2D eigenvalue weighted by Gasteiger charge is 2.21. The van der Waals surface area contributed by atoms with Gasteiger partial charge in [-0.25, -0.2) is 12.8 Å². The van der Waals surface area contributed by atoms with Crippen LogP contribution in [0.1, 0.15) is 4.88 Å². The molecule has 0 unspecified atom stereocenters. The van der Waals surface area contributed by atoms with Crippen molar-refractivity contribution < 1.29 is 12.8 Å². The van der Waals surface area contributed by atoms with Gasteiger partial charge in [0.2, 0.25) is 10.0 Å².